The molecule has 3 rings (SSSR count). The Balaban J connectivity index is 0.00000176. The summed E-state index contributed by atoms with van der Waals surface area (Å²) in [6, 6.07) is 3.72. The molecule has 122 valence electrons. The number of fused-ring (bicyclic) bond motifs is 3. The number of unbranched alkanes of at least 4 members (excludes halogenated alkanes) is 1. The molecule has 2 heterocycles. The average Bonchev–Trinajstić information content (AvgIpc) is 3.24. The van der Waals surface area contributed by atoms with E-state index in [1.165, 1.54) is 0 Å². The molecule has 2 aliphatic heterocycles. The van der Waals surface area contributed by atoms with E-state index in [0.717, 1.165) is 24.1 Å². The van der Waals surface area contributed by atoms with Crippen molar-refractivity contribution in [2.75, 3.05) is 18.2 Å². The first-order valence-corrected chi connectivity index (χ1v) is 7.79. The van der Waals surface area contributed by atoms with Crippen molar-refractivity contribution in [3.05, 3.63) is 27.7 Å². The molecule has 22 heavy (non-hydrogen) atoms. The Labute approximate surface area is 156 Å². The van der Waals surface area contributed by atoms with Crippen LogP contribution < -0.4 is 10.4 Å². The molecule has 0 aliphatic carbocycles. The first-order chi connectivity index (χ1) is 10.1. The number of rotatable bonds is 5. The van der Waals surface area contributed by atoms with E-state index in [4.69, 9.17) is 27.9 Å². The Morgan fingerprint density at radius 3 is 2.95 bits per heavy atom. The first kappa shape index (κ1) is 18.1. The van der Waals surface area contributed by atoms with Crippen LogP contribution in [0.3, 0.4) is 0 Å². The number of carbonyl (C=O) groups is 1. The van der Waals surface area contributed by atoms with Crippen LogP contribution >= 0.6 is 47.2 Å². The van der Waals surface area contributed by atoms with E-state index in [-0.39, 0.29) is 42.8 Å². The number of hydrazine groups is 1. The summed E-state index contributed by atoms with van der Waals surface area (Å²) in [4.78, 5) is 13.8. The fourth-order valence-corrected chi connectivity index (χ4v) is 2.87. The molecule has 0 spiro atoms. The molecular weight excluding hydrogens is 440 g/mol. The highest BCUT2D eigenvalue weighted by atomic mass is 127. The Hall–Kier alpha value is -0.280. The van der Waals surface area contributed by atoms with Crippen LogP contribution in [0.2, 0.25) is 10.0 Å². The van der Waals surface area contributed by atoms with E-state index in [9.17, 15) is 4.79 Å². The summed E-state index contributed by atoms with van der Waals surface area (Å²) in [6.45, 7) is 3.35. The van der Waals surface area contributed by atoms with Crippen molar-refractivity contribution in [3.63, 3.8) is 0 Å². The van der Waals surface area contributed by atoms with Gasteiger partial charge in [0.1, 0.15) is 0 Å². The predicted octanol–water partition coefficient (Wildman–Crippen LogP) is 3.38. The van der Waals surface area contributed by atoms with Crippen molar-refractivity contribution >= 4 is 58.8 Å². The van der Waals surface area contributed by atoms with Gasteiger partial charge in [-0.1, -0.05) is 36.5 Å². The van der Waals surface area contributed by atoms with Crippen LogP contribution in [0.4, 0.5) is 5.69 Å². The zero-order valence-corrected chi connectivity index (χ0v) is 16.0. The van der Waals surface area contributed by atoms with E-state index < -0.39 is 0 Å². The molecule has 1 fully saturated rings. The molecule has 1 aromatic rings. The monoisotopic (exact) mass is 457 g/mol. The van der Waals surface area contributed by atoms with Crippen molar-refractivity contribution in [2.24, 2.45) is 0 Å². The minimum Gasteiger partial charge on any atom is -0.465 e. The molecule has 0 bridgehead atoms. The Kier molecular flexibility index (Phi) is 6.18. The molecule has 5 nitrogen and oxygen atoms in total. The Bertz CT molecular complexity index is 573. The highest BCUT2D eigenvalue weighted by Gasteiger charge is 2.45. The SMILES string of the molecule is CCCCOC(=O)CN1Cc2c(ccc(Cl)c2Cl)N2NC12.I. The van der Waals surface area contributed by atoms with Crippen LogP contribution in [0.15, 0.2) is 12.1 Å². The topological polar surface area (TPSA) is 54.5 Å². The normalized spacial score (nSPS) is 19.0. The number of halogens is 3. The molecule has 8 heteroatoms. The molecular formula is C14H18Cl2IN3O2. The lowest BCUT2D eigenvalue weighted by atomic mass is 10.1. The van der Waals surface area contributed by atoms with E-state index >= 15 is 0 Å². The zero-order chi connectivity index (χ0) is 15.0. The lowest BCUT2D eigenvalue weighted by molar-refractivity contribution is -0.145. The van der Waals surface area contributed by atoms with Gasteiger partial charge in [-0.05, 0) is 18.6 Å². The van der Waals surface area contributed by atoms with Crippen LogP contribution in [0.5, 0.6) is 0 Å². The number of carbonyl (C=O) groups excluding carboxylic acids is 1. The molecule has 1 atom stereocenters. The summed E-state index contributed by atoms with van der Waals surface area (Å²) in [5.74, 6) is -0.210. The fraction of sp³-hybridized carbons (Fsp3) is 0.500. The second-order valence-electron chi connectivity index (χ2n) is 5.21. The van der Waals surface area contributed by atoms with Gasteiger partial charge in [0.05, 0.1) is 28.9 Å². The van der Waals surface area contributed by atoms with Crippen molar-refractivity contribution in [1.82, 2.24) is 10.3 Å². The van der Waals surface area contributed by atoms with Gasteiger partial charge in [0.2, 0.25) is 0 Å². The molecule has 0 amide bonds. The molecule has 1 N–H and O–H groups in total. The second-order valence-corrected chi connectivity index (χ2v) is 6.00. The van der Waals surface area contributed by atoms with Gasteiger partial charge in [-0.15, -0.1) is 24.0 Å². The molecule has 1 unspecified atom stereocenters. The molecule has 0 saturated carbocycles. The number of hydrogen-bond donors (Lipinski definition) is 1. The number of esters is 1. The number of hydrogen-bond acceptors (Lipinski definition) is 5. The zero-order valence-electron chi connectivity index (χ0n) is 12.1. The van der Waals surface area contributed by atoms with Gasteiger partial charge in [0, 0.05) is 12.1 Å². The van der Waals surface area contributed by atoms with E-state index in [0.29, 0.717) is 23.2 Å². The second kappa shape index (κ2) is 7.53. The third-order valence-electron chi connectivity index (χ3n) is 3.66. The number of ether oxygens (including phenoxy) is 1. The van der Waals surface area contributed by atoms with Gasteiger partial charge in [-0.2, -0.15) is 5.43 Å². The van der Waals surface area contributed by atoms with Gasteiger partial charge in [-0.3, -0.25) is 14.7 Å². The summed E-state index contributed by atoms with van der Waals surface area (Å²) in [6.07, 6.45) is 1.94. The maximum Gasteiger partial charge on any atom is 0.320 e. The van der Waals surface area contributed by atoms with Crippen LogP contribution in [-0.4, -0.2) is 30.3 Å². The van der Waals surface area contributed by atoms with Gasteiger partial charge in [0.15, 0.2) is 6.29 Å². The maximum atomic E-state index is 11.8. The Morgan fingerprint density at radius 1 is 1.45 bits per heavy atom. The van der Waals surface area contributed by atoms with Gasteiger partial charge >= 0.3 is 5.97 Å². The minimum atomic E-state index is -0.210. The van der Waals surface area contributed by atoms with Crippen molar-refractivity contribution < 1.29 is 9.53 Å². The third kappa shape index (κ3) is 3.62. The number of benzene rings is 1. The Morgan fingerprint density at radius 2 is 2.23 bits per heavy atom. The highest BCUT2D eigenvalue weighted by molar-refractivity contribution is 14.0. The first-order valence-electron chi connectivity index (χ1n) is 7.03. The summed E-state index contributed by atoms with van der Waals surface area (Å²) in [5.41, 5.74) is 5.16. The largest absolute Gasteiger partial charge is 0.465 e. The third-order valence-corrected chi connectivity index (χ3v) is 4.51. The molecule has 1 saturated heterocycles. The lowest BCUT2D eigenvalue weighted by Crippen LogP contribution is -2.38. The van der Waals surface area contributed by atoms with E-state index in [1.54, 1.807) is 6.07 Å². The van der Waals surface area contributed by atoms with Crippen LogP contribution in [0.25, 0.3) is 0 Å². The van der Waals surface area contributed by atoms with Crippen molar-refractivity contribution in [1.29, 1.82) is 0 Å². The summed E-state index contributed by atoms with van der Waals surface area (Å²) >= 11 is 12.3. The van der Waals surface area contributed by atoms with Crippen LogP contribution in [0.1, 0.15) is 25.3 Å². The molecule has 2 aliphatic rings. The summed E-state index contributed by atoms with van der Waals surface area (Å²) < 4.78 is 5.21. The van der Waals surface area contributed by atoms with Crippen molar-refractivity contribution in [3.8, 4) is 0 Å². The number of nitrogens with zero attached hydrogens (tertiary/aromatic N) is 2. The standard InChI is InChI=1S/C14H17Cl2N3O2.HI/c1-2-3-6-21-12(20)8-18-7-9-11(19-14(18)17-19)5-4-10(15)13(9)16;/h4-5,14,17H,2-3,6-8H2,1H3;1H. The minimum absolute atomic E-state index is 0. The van der Waals surface area contributed by atoms with Gasteiger partial charge in [0.25, 0.3) is 0 Å². The average molecular weight is 458 g/mol. The van der Waals surface area contributed by atoms with Crippen molar-refractivity contribution in [2.45, 2.75) is 32.6 Å². The smallest absolute Gasteiger partial charge is 0.320 e. The molecule has 0 aromatic heterocycles. The van der Waals surface area contributed by atoms with E-state index in [2.05, 4.69) is 12.3 Å². The number of anilines is 1. The lowest BCUT2D eigenvalue weighted by Gasteiger charge is -2.27. The molecule has 0 radical (unpaired) electrons. The fourth-order valence-electron chi connectivity index (χ4n) is 2.47. The van der Waals surface area contributed by atoms with Gasteiger partial charge < -0.3 is 4.74 Å². The van der Waals surface area contributed by atoms with Crippen LogP contribution in [-0.2, 0) is 16.1 Å². The van der Waals surface area contributed by atoms with Crippen LogP contribution in [0, 0.1) is 0 Å². The summed E-state index contributed by atoms with van der Waals surface area (Å²) in [5, 5.41) is 3.05. The maximum absolute atomic E-state index is 11.8. The summed E-state index contributed by atoms with van der Waals surface area (Å²) in [7, 11) is 0. The molecule has 1 aromatic carbocycles. The predicted molar refractivity (Wildman–Crippen MR) is 97.6 cm³/mol. The van der Waals surface area contributed by atoms with Gasteiger partial charge in [-0.25, -0.2) is 0 Å². The quantitative estimate of drug-likeness (QED) is 0.318. The van der Waals surface area contributed by atoms with E-state index in [1.807, 2.05) is 16.0 Å². The highest BCUT2D eigenvalue weighted by Crippen LogP contribution is 2.41. The number of nitrogens with one attached hydrogen (secondary N) is 1.